The average Bonchev–Trinajstić information content (AvgIpc) is 2.83. The van der Waals surface area contributed by atoms with Crippen LogP contribution in [0.25, 0.3) is 0 Å². The molecule has 1 saturated heterocycles. The molecule has 1 amide bonds. The Morgan fingerprint density at radius 3 is 2.95 bits per heavy atom. The van der Waals surface area contributed by atoms with Gasteiger partial charge in [-0.3, -0.25) is 9.59 Å². The number of benzene rings is 1. The van der Waals surface area contributed by atoms with Crippen molar-refractivity contribution >= 4 is 29.0 Å². The molecule has 2 atom stereocenters. The van der Waals surface area contributed by atoms with Crippen LogP contribution in [-0.2, 0) is 9.53 Å². The molecule has 6 heteroatoms. The van der Waals surface area contributed by atoms with Crippen molar-refractivity contribution < 1.29 is 19.1 Å². The van der Waals surface area contributed by atoms with Gasteiger partial charge in [0.25, 0.3) is 5.91 Å². The molecule has 0 bridgehead atoms. The van der Waals surface area contributed by atoms with E-state index in [2.05, 4.69) is 5.32 Å². The molecule has 2 unspecified atom stereocenters. The molecule has 0 aliphatic carbocycles. The van der Waals surface area contributed by atoms with E-state index < -0.39 is 6.10 Å². The van der Waals surface area contributed by atoms with E-state index in [-0.39, 0.29) is 24.2 Å². The van der Waals surface area contributed by atoms with E-state index >= 15 is 0 Å². The third-order valence-corrected chi connectivity index (χ3v) is 3.93. The van der Waals surface area contributed by atoms with Gasteiger partial charge < -0.3 is 14.8 Å². The highest BCUT2D eigenvalue weighted by Gasteiger charge is 2.33. The smallest absolute Gasteiger partial charge is 0.262 e. The zero-order chi connectivity index (χ0) is 14.3. The monoisotopic (exact) mass is 295 g/mol. The van der Waals surface area contributed by atoms with Crippen LogP contribution in [0.4, 0.5) is 5.69 Å². The van der Waals surface area contributed by atoms with Crippen LogP contribution in [0.1, 0.15) is 23.7 Å². The highest BCUT2D eigenvalue weighted by Crippen LogP contribution is 2.35. The van der Waals surface area contributed by atoms with Gasteiger partial charge in [0.05, 0.1) is 10.7 Å². The van der Waals surface area contributed by atoms with Crippen LogP contribution in [0.2, 0.25) is 5.02 Å². The van der Waals surface area contributed by atoms with Crippen LogP contribution < -0.4 is 10.1 Å². The van der Waals surface area contributed by atoms with Gasteiger partial charge in [-0.15, -0.1) is 0 Å². The lowest BCUT2D eigenvalue weighted by Crippen LogP contribution is -2.28. The molecule has 5 nitrogen and oxygen atoms in total. The summed E-state index contributed by atoms with van der Waals surface area (Å²) in [6.45, 7) is 2.52. The topological polar surface area (TPSA) is 64.6 Å². The third-order valence-electron chi connectivity index (χ3n) is 3.61. The predicted octanol–water partition coefficient (Wildman–Crippen LogP) is 2.28. The minimum Gasteiger partial charge on any atom is -0.482 e. The van der Waals surface area contributed by atoms with Crippen LogP contribution in [0.15, 0.2) is 12.1 Å². The summed E-state index contributed by atoms with van der Waals surface area (Å²) in [5, 5.41) is 2.95. The molecule has 3 rings (SSSR count). The molecule has 1 N–H and O–H groups in total. The molecule has 2 aliphatic rings. The zero-order valence-corrected chi connectivity index (χ0v) is 11.7. The van der Waals surface area contributed by atoms with Gasteiger partial charge >= 0.3 is 0 Å². The molecule has 2 aliphatic heterocycles. The van der Waals surface area contributed by atoms with E-state index in [1.54, 1.807) is 12.1 Å². The summed E-state index contributed by atoms with van der Waals surface area (Å²) in [6, 6.07) is 3.12. The van der Waals surface area contributed by atoms with Crippen LogP contribution in [0, 0.1) is 5.92 Å². The Labute approximate surface area is 121 Å². The summed E-state index contributed by atoms with van der Waals surface area (Å²) >= 11 is 6.15. The Morgan fingerprint density at radius 2 is 2.25 bits per heavy atom. The van der Waals surface area contributed by atoms with Crippen molar-refractivity contribution in [3.8, 4) is 5.75 Å². The Morgan fingerprint density at radius 1 is 1.45 bits per heavy atom. The second-order valence-corrected chi connectivity index (χ2v) is 5.49. The number of rotatable bonds is 2. The first-order valence-corrected chi connectivity index (χ1v) is 6.86. The maximum Gasteiger partial charge on any atom is 0.262 e. The van der Waals surface area contributed by atoms with Crippen LogP contribution >= 0.6 is 11.6 Å². The van der Waals surface area contributed by atoms with Crippen molar-refractivity contribution in [1.82, 2.24) is 0 Å². The fourth-order valence-corrected chi connectivity index (χ4v) is 2.73. The maximum absolute atomic E-state index is 12.5. The minimum atomic E-state index is -0.455. The van der Waals surface area contributed by atoms with E-state index in [0.717, 1.165) is 6.42 Å². The number of fused-ring (bicyclic) bond motifs is 1. The normalized spacial score (nSPS) is 24.8. The number of nitrogens with one attached hydrogen (secondary N) is 1. The first-order valence-electron chi connectivity index (χ1n) is 6.48. The highest BCUT2D eigenvalue weighted by atomic mass is 35.5. The van der Waals surface area contributed by atoms with Crippen LogP contribution in [0.5, 0.6) is 5.75 Å². The number of hydrogen-bond donors (Lipinski definition) is 1. The van der Waals surface area contributed by atoms with Gasteiger partial charge in [0.1, 0.15) is 11.9 Å². The number of Topliss-reactive ketones (excluding diaryl/α,β-unsaturated/α-hetero) is 1. The summed E-state index contributed by atoms with van der Waals surface area (Å²) in [7, 11) is 0. The van der Waals surface area contributed by atoms with Gasteiger partial charge in [0, 0.05) is 12.2 Å². The molecule has 1 aromatic rings. The van der Waals surface area contributed by atoms with Crippen molar-refractivity contribution in [3.63, 3.8) is 0 Å². The minimum absolute atomic E-state index is 0.0570. The lowest BCUT2D eigenvalue weighted by Gasteiger charge is -2.20. The molecule has 0 aromatic heterocycles. The molecule has 1 aromatic carbocycles. The van der Waals surface area contributed by atoms with Gasteiger partial charge in [-0.25, -0.2) is 0 Å². The van der Waals surface area contributed by atoms with Crippen molar-refractivity contribution in [2.75, 3.05) is 18.5 Å². The summed E-state index contributed by atoms with van der Waals surface area (Å²) in [4.78, 5) is 23.7. The number of hydrogen-bond acceptors (Lipinski definition) is 4. The van der Waals surface area contributed by atoms with Crippen LogP contribution in [-0.4, -0.2) is 31.0 Å². The Bertz CT molecular complexity index is 587. The quantitative estimate of drug-likeness (QED) is 0.850. The molecule has 2 heterocycles. The zero-order valence-electron chi connectivity index (χ0n) is 10.9. The number of halogens is 1. The molecule has 0 radical (unpaired) electrons. The van der Waals surface area contributed by atoms with Crippen molar-refractivity contribution in [3.05, 3.63) is 22.7 Å². The van der Waals surface area contributed by atoms with E-state index in [0.29, 0.717) is 28.6 Å². The van der Waals surface area contributed by atoms with E-state index in [1.165, 1.54) is 0 Å². The third kappa shape index (κ3) is 2.27. The highest BCUT2D eigenvalue weighted by molar-refractivity contribution is 6.34. The molecular formula is C14H14ClNO4. The Kier molecular flexibility index (Phi) is 3.40. The van der Waals surface area contributed by atoms with Gasteiger partial charge in [0.2, 0.25) is 0 Å². The number of carbonyl (C=O) groups excluding carboxylic acids is 2. The summed E-state index contributed by atoms with van der Waals surface area (Å²) in [6.07, 6.45) is 0.412. The first kappa shape index (κ1) is 13.4. The summed E-state index contributed by atoms with van der Waals surface area (Å²) < 4.78 is 10.8. The largest absolute Gasteiger partial charge is 0.482 e. The van der Waals surface area contributed by atoms with Crippen molar-refractivity contribution in [2.24, 2.45) is 5.92 Å². The van der Waals surface area contributed by atoms with Crippen molar-refractivity contribution in [1.29, 1.82) is 0 Å². The average molecular weight is 296 g/mol. The fraction of sp³-hybridized carbons (Fsp3) is 0.429. The number of amides is 1. The lowest BCUT2D eigenvalue weighted by molar-refractivity contribution is -0.118. The van der Waals surface area contributed by atoms with Gasteiger partial charge in [-0.2, -0.15) is 0 Å². The summed E-state index contributed by atoms with van der Waals surface area (Å²) in [5.41, 5.74) is 0.864. The molecular weight excluding hydrogens is 282 g/mol. The molecule has 20 heavy (non-hydrogen) atoms. The SMILES string of the molecule is CC1CCOC1C(=O)c1cc2c(cc1Cl)NC(=O)CO2. The summed E-state index contributed by atoms with van der Waals surface area (Å²) in [5.74, 6) is 0.266. The van der Waals surface area contributed by atoms with Gasteiger partial charge in [0.15, 0.2) is 12.4 Å². The fourth-order valence-electron chi connectivity index (χ4n) is 2.47. The second kappa shape index (κ2) is 5.07. The number of anilines is 1. The van der Waals surface area contributed by atoms with Gasteiger partial charge in [-0.1, -0.05) is 18.5 Å². The van der Waals surface area contributed by atoms with Crippen LogP contribution in [0.3, 0.4) is 0 Å². The predicted molar refractivity (Wildman–Crippen MR) is 73.4 cm³/mol. The van der Waals surface area contributed by atoms with Crippen molar-refractivity contribution in [2.45, 2.75) is 19.4 Å². The number of ketones is 1. The first-order chi connectivity index (χ1) is 9.56. The standard InChI is InChI=1S/C14H14ClNO4/c1-7-2-3-19-14(7)13(18)8-4-11-10(5-9(8)15)16-12(17)6-20-11/h4-5,7,14H,2-3,6H2,1H3,(H,16,17). The lowest BCUT2D eigenvalue weighted by atomic mass is 9.95. The number of carbonyl (C=O) groups is 2. The molecule has 1 fully saturated rings. The molecule has 0 saturated carbocycles. The Hall–Kier alpha value is -1.59. The van der Waals surface area contributed by atoms with Gasteiger partial charge in [-0.05, 0) is 24.5 Å². The number of ether oxygens (including phenoxy) is 2. The van der Waals surface area contributed by atoms with E-state index in [9.17, 15) is 9.59 Å². The van der Waals surface area contributed by atoms with E-state index in [1.807, 2.05) is 6.92 Å². The van der Waals surface area contributed by atoms with E-state index in [4.69, 9.17) is 21.1 Å². The molecule has 0 spiro atoms. The molecule has 106 valence electrons. The Balaban J connectivity index is 1.94. The second-order valence-electron chi connectivity index (χ2n) is 5.09. The maximum atomic E-state index is 12.5.